The molecule has 3 heterocycles. The second-order valence-electron chi connectivity index (χ2n) is 6.00. The number of hydrogen-bond donors (Lipinski definition) is 1. The van der Waals surface area contributed by atoms with E-state index in [4.69, 9.17) is 9.72 Å². The van der Waals surface area contributed by atoms with E-state index in [2.05, 4.69) is 46.9 Å². The van der Waals surface area contributed by atoms with Crippen LogP contribution in [0.15, 0.2) is 48.7 Å². The molecule has 0 bridgehead atoms. The molecule has 23 heavy (non-hydrogen) atoms. The van der Waals surface area contributed by atoms with Crippen molar-refractivity contribution in [2.75, 3.05) is 20.2 Å². The minimum absolute atomic E-state index is 0.0482. The topological polar surface area (TPSA) is 51.5 Å². The van der Waals surface area contributed by atoms with Crippen molar-refractivity contribution < 1.29 is 4.74 Å². The summed E-state index contributed by atoms with van der Waals surface area (Å²) in [6.07, 6.45) is 4.13. The lowest BCUT2D eigenvalue weighted by Gasteiger charge is -2.36. The molecule has 4 rings (SSSR count). The number of rotatable bonds is 3. The number of ether oxygens (including phenoxy) is 1. The zero-order chi connectivity index (χ0) is 15.7. The zero-order valence-electron chi connectivity index (χ0n) is 13.2. The first kappa shape index (κ1) is 14.2. The molecule has 1 aliphatic rings. The van der Waals surface area contributed by atoms with Gasteiger partial charge < -0.3 is 10.1 Å². The fourth-order valence-electron chi connectivity index (χ4n) is 3.51. The largest absolute Gasteiger partial charge is 0.480 e. The van der Waals surface area contributed by atoms with E-state index in [0.717, 1.165) is 37.3 Å². The Balaban J connectivity index is 1.86. The molecule has 3 aromatic rings. The summed E-state index contributed by atoms with van der Waals surface area (Å²) in [7, 11) is 1.63. The quantitative estimate of drug-likeness (QED) is 0.807. The van der Waals surface area contributed by atoms with Gasteiger partial charge in [0.1, 0.15) is 0 Å². The molecule has 1 aliphatic heterocycles. The minimum Gasteiger partial charge on any atom is -0.480 e. The van der Waals surface area contributed by atoms with Crippen LogP contribution in [0.5, 0.6) is 5.88 Å². The maximum Gasteiger partial charge on any atom is 0.231 e. The second-order valence-corrected chi connectivity index (χ2v) is 6.00. The number of hydrogen-bond acceptors (Lipinski definition) is 4. The third kappa shape index (κ3) is 2.37. The molecule has 0 radical (unpaired) electrons. The van der Waals surface area contributed by atoms with Crippen LogP contribution in [0.2, 0.25) is 0 Å². The van der Waals surface area contributed by atoms with Gasteiger partial charge in [-0.1, -0.05) is 30.3 Å². The van der Waals surface area contributed by atoms with E-state index >= 15 is 0 Å². The number of nitrogens with zero attached hydrogens (tertiary/aromatic N) is 3. The van der Waals surface area contributed by atoms with Crippen molar-refractivity contribution in [3.05, 3.63) is 59.9 Å². The van der Waals surface area contributed by atoms with Crippen LogP contribution < -0.4 is 10.1 Å². The zero-order valence-corrected chi connectivity index (χ0v) is 13.2. The first-order valence-corrected chi connectivity index (χ1v) is 7.99. The number of imidazole rings is 1. The van der Waals surface area contributed by atoms with E-state index in [1.807, 2.05) is 16.6 Å². The lowest BCUT2D eigenvalue weighted by molar-refractivity contribution is 0.355. The summed E-state index contributed by atoms with van der Waals surface area (Å²) < 4.78 is 7.04. The molecular weight excluding hydrogens is 288 g/mol. The predicted molar refractivity (Wildman–Crippen MR) is 88.9 cm³/mol. The summed E-state index contributed by atoms with van der Waals surface area (Å²) >= 11 is 0. The first-order valence-electron chi connectivity index (χ1n) is 7.99. The average Bonchev–Trinajstić information content (AvgIpc) is 3.06. The van der Waals surface area contributed by atoms with Gasteiger partial charge in [-0.25, -0.2) is 9.50 Å². The van der Waals surface area contributed by atoms with Gasteiger partial charge in [-0.15, -0.1) is 5.10 Å². The van der Waals surface area contributed by atoms with Gasteiger partial charge >= 0.3 is 0 Å². The van der Waals surface area contributed by atoms with Crippen LogP contribution in [-0.2, 0) is 5.41 Å². The van der Waals surface area contributed by atoms with Gasteiger partial charge in [0.05, 0.1) is 19.0 Å². The Kier molecular flexibility index (Phi) is 3.50. The third-order valence-corrected chi connectivity index (χ3v) is 4.78. The molecule has 5 nitrogen and oxygen atoms in total. The first-order chi connectivity index (χ1) is 11.3. The molecule has 2 aromatic heterocycles. The Hall–Kier alpha value is -2.40. The maximum atomic E-state index is 5.22. The number of aromatic nitrogens is 3. The highest BCUT2D eigenvalue weighted by Crippen LogP contribution is 2.39. The Labute approximate surface area is 135 Å². The number of benzene rings is 1. The highest BCUT2D eigenvalue weighted by atomic mass is 16.5. The summed E-state index contributed by atoms with van der Waals surface area (Å²) in [4.78, 5) is 4.88. The molecule has 1 saturated heterocycles. The van der Waals surface area contributed by atoms with Gasteiger partial charge in [0, 0.05) is 11.5 Å². The van der Waals surface area contributed by atoms with Crippen LogP contribution in [0.1, 0.15) is 24.1 Å². The van der Waals surface area contributed by atoms with E-state index in [0.29, 0.717) is 5.88 Å². The lowest BCUT2D eigenvalue weighted by Crippen LogP contribution is -2.41. The van der Waals surface area contributed by atoms with Crippen LogP contribution in [0.4, 0.5) is 0 Å². The van der Waals surface area contributed by atoms with E-state index in [9.17, 15) is 0 Å². The Bertz CT molecular complexity index is 806. The van der Waals surface area contributed by atoms with Crippen molar-refractivity contribution in [1.82, 2.24) is 19.9 Å². The van der Waals surface area contributed by atoms with Crippen molar-refractivity contribution in [3.8, 4) is 5.88 Å². The molecular formula is C18H20N4O. The molecule has 0 atom stereocenters. The SMILES string of the molecule is COc1ccc2nc(C3(c4ccccc4)CCNCC3)cn2n1. The number of nitrogens with one attached hydrogen (secondary N) is 1. The molecule has 1 N–H and O–H groups in total. The summed E-state index contributed by atoms with van der Waals surface area (Å²) in [5.41, 5.74) is 3.23. The van der Waals surface area contributed by atoms with Crippen LogP contribution in [-0.4, -0.2) is 34.8 Å². The van der Waals surface area contributed by atoms with Crippen LogP contribution in [0.3, 0.4) is 0 Å². The summed E-state index contributed by atoms with van der Waals surface area (Å²) in [6.45, 7) is 2.00. The van der Waals surface area contributed by atoms with Crippen LogP contribution in [0, 0.1) is 0 Å². The predicted octanol–water partition coefficient (Wildman–Crippen LogP) is 2.41. The monoisotopic (exact) mass is 308 g/mol. The van der Waals surface area contributed by atoms with Crippen molar-refractivity contribution in [1.29, 1.82) is 0 Å². The van der Waals surface area contributed by atoms with Gasteiger partial charge in [0.15, 0.2) is 5.65 Å². The highest BCUT2D eigenvalue weighted by molar-refractivity contribution is 5.45. The minimum atomic E-state index is -0.0482. The molecule has 118 valence electrons. The molecule has 1 fully saturated rings. The molecule has 5 heteroatoms. The van der Waals surface area contributed by atoms with E-state index < -0.39 is 0 Å². The van der Waals surface area contributed by atoms with Crippen LogP contribution in [0.25, 0.3) is 5.65 Å². The summed E-state index contributed by atoms with van der Waals surface area (Å²) in [5, 5.41) is 7.91. The Morgan fingerprint density at radius 1 is 1.09 bits per heavy atom. The molecule has 0 aliphatic carbocycles. The number of fused-ring (bicyclic) bond motifs is 1. The molecule has 0 saturated carbocycles. The van der Waals surface area contributed by atoms with Gasteiger partial charge in [-0.3, -0.25) is 0 Å². The number of piperidine rings is 1. The summed E-state index contributed by atoms with van der Waals surface area (Å²) in [5.74, 6) is 0.598. The fourth-order valence-corrected chi connectivity index (χ4v) is 3.51. The number of methoxy groups -OCH3 is 1. The van der Waals surface area contributed by atoms with Crippen molar-refractivity contribution in [2.45, 2.75) is 18.3 Å². The van der Waals surface area contributed by atoms with E-state index in [-0.39, 0.29) is 5.41 Å². The Morgan fingerprint density at radius 3 is 2.61 bits per heavy atom. The normalized spacial score (nSPS) is 17.3. The third-order valence-electron chi connectivity index (χ3n) is 4.78. The van der Waals surface area contributed by atoms with Crippen LogP contribution >= 0.6 is 0 Å². The van der Waals surface area contributed by atoms with Crippen molar-refractivity contribution in [3.63, 3.8) is 0 Å². The molecule has 0 amide bonds. The molecule has 0 spiro atoms. The standard InChI is InChI=1S/C18H20N4O/c1-23-17-8-7-16-20-15(13-22(16)21-17)18(9-11-19-12-10-18)14-5-3-2-4-6-14/h2-8,13,19H,9-12H2,1H3. The van der Waals surface area contributed by atoms with E-state index in [1.54, 1.807) is 7.11 Å². The molecule has 1 aromatic carbocycles. The Morgan fingerprint density at radius 2 is 1.87 bits per heavy atom. The van der Waals surface area contributed by atoms with Crippen molar-refractivity contribution in [2.24, 2.45) is 0 Å². The van der Waals surface area contributed by atoms with Gasteiger partial charge in [-0.05, 0) is 37.6 Å². The van der Waals surface area contributed by atoms with Crippen molar-refractivity contribution >= 4 is 5.65 Å². The maximum absolute atomic E-state index is 5.22. The smallest absolute Gasteiger partial charge is 0.231 e. The molecule has 0 unspecified atom stereocenters. The van der Waals surface area contributed by atoms with E-state index in [1.165, 1.54) is 5.56 Å². The van der Waals surface area contributed by atoms with Gasteiger partial charge in [0.25, 0.3) is 0 Å². The summed E-state index contributed by atoms with van der Waals surface area (Å²) in [6, 6.07) is 14.5. The second kappa shape index (κ2) is 5.66. The average molecular weight is 308 g/mol. The highest BCUT2D eigenvalue weighted by Gasteiger charge is 2.38. The lowest BCUT2D eigenvalue weighted by atomic mass is 9.71. The van der Waals surface area contributed by atoms with Gasteiger partial charge in [-0.2, -0.15) is 0 Å². The fraction of sp³-hybridized carbons (Fsp3) is 0.333. The van der Waals surface area contributed by atoms with Gasteiger partial charge in [0.2, 0.25) is 5.88 Å².